The fourth-order valence-electron chi connectivity index (χ4n) is 1.17. The summed E-state index contributed by atoms with van der Waals surface area (Å²) in [7, 11) is 0. The van der Waals surface area contributed by atoms with Gasteiger partial charge in [0.1, 0.15) is 0 Å². The van der Waals surface area contributed by atoms with E-state index in [0.29, 0.717) is 17.5 Å². The van der Waals surface area contributed by atoms with Crippen molar-refractivity contribution in [3.05, 3.63) is 35.4 Å². The summed E-state index contributed by atoms with van der Waals surface area (Å²) in [5.41, 5.74) is 1.17. The van der Waals surface area contributed by atoms with E-state index >= 15 is 0 Å². The maximum Gasteiger partial charge on any atom is 0.216 e. The van der Waals surface area contributed by atoms with Gasteiger partial charge in [-0.25, -0.2) is 0 Å². The average Bonchev–Trinajstić information content (AvgIpc) is 2.18. The van der Waals surface area contributed by atoms with Crippen molar-refractivity contribution in [1.82, 2.24) is 0 Å². The zero-order chi connectivity index (χ0) is 10.6. The standard InChI is InChI=1S/C11H12O2S/c1-2-3-10(12)8-4-6-9(7-5-8)11(13)14/h4-7H,2-3H2,1H3,(H,13,14). The molecule has 0 aliphatic carbocycles. The van der Waals surface area contributed by atoms with Gasteiger partial charge in [-0.1, -0.05) is 19.1 Å². The lowest BCUT2D eigenvalue weighted by molar-refractivity contribution is 0.0980. The Hall–Kier alpha value is -1.09. The van der Waals surface area contributed by atoms with Crippen molar-refractivity contribution in [2.75, 3.05) is 0 Å². The number of carbonyl (C=O) groups is 2. The van der Waals surface area contributed by atoms with E-state index in [1.54, 1.807) is 24.3 Å². The van der Waals surface area contributed by atoms with Gasteiger partial charge in [0.05, 0.1) is 0 Å². The molecule has 1 rings (SSSR count). The van der Waals surface area contributed by atoms with Gasteiger partial charge in [0.25, 0.3) is 0 Å². The Kier molecular flexibility index (Phi) is 3.89. The average molecular weight is 208 g/mol. The fraction of sp³-hybridized carbons (Fsp3) is 0.273. The van der Waals surface area contributed by atoms with Crippen molar-refractivity contribution in [2.24, 2.45) is 0 Å². The van der Waals surface area contributed by atoms with E-state index < -0.39 is 0 Å². The van der Waals surface area contributed by atoms with Crippen LogP contribution in [0.4, 0.5) is 0 Å². The second-order valence-electron chi connectivity index (χ2n) is 3.06. The molecule has 2 nitrogen and oxygen atoms in total. The van der Waals surface area contributed by atoms with E-state index in [0.717, 1.165) is 6.42 Å². The highest BCUT2D eigenvalue weighted by Crippen LogP contribution is 2.09. The highest BCUT2D eigenvalue weighted by atomic mass is 32.1. The van der Waals surface area contributed by atoms with Gasteiger partial charge < -0.3 is 0 Å². The third-order valence-corrected chi connectivity index (χ3v) is 2.19. The number of hydrogen-bond donors (Lipinski definition) is 1. The summed E-state index contributed by atoms with van der Waals surface area (Å²) in [6.07, 6.45) is 1.39. The Bertz CT molecular complexity index is 341. The van der Waals surface area contributed by atoms with Crippen molar-refractivity contribution in [2.45, 2.75) is 19.8 Å². The maximum atomic E-state index is 11.4. The summed E-state index contributed by atoms with van der Waals surface area (Å²) in [6, 6.07) is 6.58. The number of hydrogen-bond acceptors (Lipinski definition) is 2. The summed E-state index contributed by atoms with van der Waals surface area (Å²) in [4.78, 5) is 22.3. The lowest BCUT2D eigenvalue weighted by Crippen LogP contribution is -1.98. The fourth-order valence-corrected chi connectivity index (χ4v) is 1.32. The van der Waals surface area contributed by atoms with E-state index in [9.17, 15) is 9.59 Å². The van der Waals surface area contributed by atoms with Crippen LogP contribution in [0.15, 0.2) is 24.3 Å². The first-order valence-electron chi connectivity index (χ1n) is 4.51. The van der Waals surface area contributed by atoms with Crippen LogP contribution < -0.4 is 0 Å². The summed E-state index contributed by atoms with van der Waals surface area (Å²) >= 11 is 3.69. The molecule has 0 radical (unpaired) electrons. The molecular weight excluding hydrogens is 196 g/mol. The number of Topliss-reactive ketones (excluding diaryl/α,β-unsaturated/α-hetero) is 1. The Morgan fingerprint density at radius 1 is 1.14 bits per heavy atom. The molecule has 0 N–H and O–H groups in total. The minimum Gasteiger partial charge on any atom is -0.294 e. The SMILES string of the molecule is CCCC(=O)c1ccc(C(=O)S)cc1. The van der Waals surface area contributed by atoms with Crippen LogP contribution in [-0.2, 0) is 0 Å². The van der Waals surface area contributed by atoms with Crippen molar-refractivity contribution in [3.8, 4) is 0 Å². The number of benzene rings is 1. The first-order valence-corrected chi connectivity index (χ1v) is 4.96. The van der Waals surface area contributed by atoms with Crippen LogP contribution in [0.5, 0.6) is 0 Å². The van der Waals surface area contributed by atoms with Gasteiger partial charge in [-0.3, -0.25) is 9.59 Å². The molecule has 0 aromatic heterocycles. The zero-order valence-corrected chi connectivity index (χ0v) is 8.88. The number of ketones is 1. The molecule has 74 valence electrons. The van der Waals surface area contributed by atoms with E-state index in [-0.39, 0.29) is 10.9 Å². The molecule has 0 atom stereocenters. The summed E-state index contributed by atoms with van der Waals surface area (Å²) in [5.74, 6) is 0.116. The van der Waals surface area contributed by atoms with Gasteiger partial charge in [0.15, 0.2) is 5.78 Å². The van der Waals surface area contributed by atoms with Gasteiger partial charge in [-0.2, -0.15) is 0 Å². The highest BCUT2D eigenvalue weighted by molar-refractivity contribution is 7.97. The number of thiol groups is 1. The monoisotopic (exact) mass is 208 g/mol. The topological polar surface area (TPSA) is 34.1 Å². The summed E-state index contributed by atoms with van der Waals surface area (Å²) in [6.45, 7) is 1.96. The third kappa shape index (κ3) is 2.70. The van der Waals surface area contributed by atoms with E-state index in [4.69, 9.17) is 0 Å². The third-order valence-electron chi connectivity index (χ3n) is 1.93. The molecule has 0 heterocycles. The molecule has 1 aromatic carbocycles. The van der Waals surface area contributed by atoms with E-state index in [1.807, 2.05) is 6.92 Å². The van der Waals surface area contributed by atoms with E-state index in [2.05, 4.69) is 12.6 Å². The minimum absolute atomic E-state index is 0.116. The number of carbonyl (C=O) groups excluding carboxylic acids is 2. The summed E-state index contributed by atoms with van der Waals surface area (Å²) in [5, 5.41) is -0.278. The predicted octanol–water partition coefficient (Wildman–Crippen LogP) is 2.74. The molecule has 0 spiro atoms. The molecule has 3 heteroatoms. The molecule has 0 unspecified atom stereocenters. The molecule has 0 aliphatic rings. The molecule has 0 saturated heterocycles. The lowest BCUT2D eigenvalue weighted by Gasteiger charge is -1.99. The Morgan fingerprint density at radius 3 is 2.07 bits per heavy atom. The van der Waals surface area contributed by atoms with Crippen molar-refractivity contribution in [3.63, 3.8) is 0 Å². The minimum atomic E-state index is -0.278. The second kappa shape index (κ2) is 4.96. The van der Waals surface area contributed by atoms with Gasteiger partial charge >= 0.3 is 0 Å². The molecule has 0 aliphatic heterocycles. The van der Waals surface area contributed by atoms with Crippen LogP contribution in [-0.4, -0.2) is 10.9 Å². The van der Waals surface area contributed by atoms with Crippen LogP contribution >= 0.6 is 12.6 Å². The Balaban J connectivity index is 2.83. The predicted molar refractivity (Wildman–Crippen MR) is 59.0 cm³/mol. The van der Waals surface area contributed by atoms with Crippen LogP contribution in [0.1, 0.15) is 40.5 Å². The molecule has 0 fully saturated rings. The Morgan fingerprint density at radius 2 is 1.64 bits per heavy atom. The lowest BCUT2D eigenvalue weighted by atomic mass is 10.1. The van der Waals surface area contributed by atoms with E-state index in [1.165, 1.54) is 0 Å². The van der Waals surface area contributed by atoms with Gasteiger partial charge in [0, 0.05) is 17.5 Å². The van der Waals surface area contributed by atoms with Gasteiger partial charge in [-0.05, 0) is 18.6 Å². The molecule has 0 saturated carbocycles. The molecule has 1 aromatic rings. The molecular formula is C11H12O2S. The maximum absolute atomic E-state index is 11.4. The highest BCUT2D eigenvalue weighted by Gasteiger charge is 2.05. The van der Waals surface area contributed by atoms with Gasteiger partial charge in [-0.15, -0.1) is 12.6 Å². The van der Waals surface area contributed by atoms with Crippen LogP contribution in [0.2, 0.25) is 0 Å². The quantitative estimate of drug-likeness (QED) is 0.609. The largest absolute Gasteiger partial charge is 0.294 e. The van der Waals surface area contributed by atoms with Crippen molar-refractivity contribution in [1.29, 1.82) is 0 Å². The Labute approximate surface area is 88.7 Å². The van der Waals surface area contributed by atoms with Crippen molar-refractivity contribution >= 4 is 23.5 Å². The molecule has 0 bridgehead atoms. The normalized spacial score (nSPS) is 9.86. The van der Waals surface area contributed by atoms with Crippen LogP contribution in [0, 0.1) is 0 Å². The second-order valence-corrected chi connectivity index (χ2v) is 3.46. The first-order chi connectivity index (χ1) is 6.65. The van der Waals surface area contributed by atoms with Crippen molar-refractivity contribution < 1.29 is 9.59 Å². The van der Waals surface area contributed by atoms with Crippen LogP contribution in [0.3, 0.4) is 0 Å². The molecule has 14 heavy (non-hydrogen) atoms. The number of rotatable bonds is 4. The summed E-state index contributed by atoms with van der Waals surface area (Å²) < 4.78 is 0. The smallest absolute Gasteiger partial charge is 0.216 e. The first kappa shape index (κ1) is 11.0. The molecule has 0 amide bonds. The zero-order valence-electron chi connectivity index (χ0n) is 7.99. The van der Waals surface area contributed by atoms with Crippen LogP contribution in [0.25, 0.3) is 0 Å². The van der Waals surface area contributed by atoms with Gasteiger partial charge in [0.2, 0.25) is 5.12 Å².